The number of aliphatic hydroxyl groups excluding tert-OH is 1. The molecule has 1 aromatic carbocycles. The molecular formula is C14H21NO2. The second kappa shape index (κ2) is 6.03. The van der Waals surface area contributed by atoms with Crippen molar-refractivity contribution in [3.63, 3.8) is 0 Å². The number of aliphatic hydroxyl groups is 1. The van der Waals surface area contributed by atoms with E-state index in [1.54, 1.807) is 0 Å². The van der Waals surface area contributed by atoms with Crippen LogP contribution in [0.25, 0.3) is 0 Å². The number of rotatable bonds is 5. The molecule has 1 atom stereocenters. The lowest BCUT2D eigenvalue weighted by Gasteiger charge is -2.22. The first kappa shape index (κ1) is 12.4. The zero-order chi connectivity index (χ0) is 12.1. The Morgan fingerprint density at radius 1 is 1.35 bits per heavy atom. The van der Waals surface area contributed by atoms with Crippen molar-refractivity contribution in [3.05, 3.63) is 29.8 Å². The molecule has 0 radical (unpaired) electrons. The number of likely N-dealkylation sites (tertiary alicyclic amines) is 1. The van der Waals surface area contributed by atoms with Gasteiger partial charge in [0.15, 0.2) is 0 Å². The van der Waals surface area contributed by atoms with Gasteiger partial charge in [-0.3, -0.25) is 4.90 Å². The van der Waals surface area contributed by atoms with Gasteiger partial charge in [-0.1, -0.05) is 17.7 Å². The molecule has 1 aliphatic heterocycles. The molecule has 3 nitrogen and oxygen atoms in total. The normalized spacial score (nSPS) is 20.7. The Hall–Kier alpha value is -1.06. The lowest BCUT2D eigenvalue weighted by molar-refractivity contribution is 0.139. The van der Waals surface area contributed by atoms with Crippen LogP contribution < -0.4 is 4.74 Å². The van der Waals surface area contributed by atoms with Gasteiger partial charge in [0.25, 0.3) is 0 Å². The van der Waals surface area contributed by atoms with Gasteiger partial charge in [-0.25, -0.2) is 0 Å². The van der Waals surface area contributed by atoms with Crippen LogP contribution in [0.15, 0.2) is 24.3 Å². The summed E-state index contributed by atoms with van der Waals surface area (Å²) >= 11 is 0. The second-order valence-electron chi connectivity index (χ2n) is 4.68. The predicted molar refractivity (Wildman–Crippen MR) is 68.4 cm³/mol. The van der Waals surface area contributed by atoms with Gasteiger partial charge in [-0.2, -0.15) is 0 Å². The molecule has 1 N–H and O–H groups in total. The number of hydrogen-bond donors (Lipinski definition) is 1. The molecule has 1 saturated heterocycles. The molecular weight excluding hydrogens is 214 g/mol. The van der Waals surface area contributed by atoms with Gasteiger partial charge in [0, 0.05) is 12.6 Å². The first-order valence-electron chi connectivity index (χ1n) is 6.34. The van der Waals surface area contributed by atoms with Crippen LogP contribution in [0.3, 0.4) is 0 Å². The van der Waals surface area contributed by atoms with Gasteiger partial charge in [0.2, 0.25) is 0 Å². The van der Waals surface area contributed by atoms with Gasteiger partial charge >= 0.3 is 0 Å². The summed E-state index contributed by atoms with van der Waals surface area (Å²) in [6, 6.07) is 8.46. The molecule has 3 heteroatoms. The zero-order valence-electron chi connectivity index (χ0n) is 10.4. The van der Waals surface area contributed by atoms with Crippen molar-refractivity contribution in [1.29, 1.82) is 0 Å². The van der Waals surface area contributed by atoms with E-state index in [4.69, 9.17) is 4.74 Å². The fraction of sp³-hybridized carbons (Fsp3) is 0.571. The SMILES string of the molecule is Cc1ccc(OCCN2CCC[C@H]2CO)cc1. The summed E-state index contributed by atoms with van der Waals surface area (Å²) in [5.41, 5.74) is 1.25. The molecule has 1 aromatic rings. The van der Waals surface area contributed by atoms with E-state index in [0.717, 1.165) is 25.3 Å². The molecule has 0 aliphatic carbocycles. The molecule has 0 spiro atoms. The monoisotopic (exact) mass is 235 g/mol. The Balaban J connectivity index is 1.74. The molecule has 0 amide bonds. The first-order chi connectivity index (χ1) is 8.29. The van der Waals surface area contributed by atoms with Crippen molar-refractivity contribution < 1.29 is 9.84 Å². The lowest BCUT2D eigenvalue weighted by Crippen LogP contribution is -2.35. The van der Waals surface area contributed by atoms with E-state index in [9.17, 15) is 5.11 Å². The van der Waals surface area contributed by atoms with E-state index < -0.39 is 0 Å². The van der Waals surface area contributed by atoms with Crippen LogP contribution in [0, 0.1) is 6.92 Å². The average molecular weight is 235 g/mol. The van der Waals surface area contributed by atoms with E-state index in [2.05, 4.69) is 24.0 Å². The van der Waals surface area contributed by atoms with E-state index in [1.807, 2.05) is 12.1 Å². The minimum absolute atomic E-state index is 0.268. The smallest absolute Gasteiger partial charge is 0.119 e. The van der Waals surface area contributed by atoms with Crippen molar-refractivity contribution in [3.8, 4) is 5.75 Å². The third-order valence-corrected chi connectivity index (χ3v) is 3.38. The van der Waals surface area contributed by atoms with E-state index in [0.29, 0.717) is 12.6 Å². The summed E-state index contributed by atoms with van der Waals surface area (Å²) < 4.78 is 5.69. The average Bonchev–Trinajstić information content (AvgIpc) is 2.79. The van der Waals surface area contributed by atoms with Crippen LogP contribution in [0.2, 0.25) is 0 Å². The molecule has 0 saturated carbocycles. The summed E-state index contributed by atoms with van der Waals surface area (Å²) in [5, 5.41) is 9.20. The topological polar surface area (TPSA) is 32.7 Å². The largest absolute Gasteiger partial charge is 0.492 e. The van der Waals surface area contributed by atoms with E-state index >= 15 is 0 Å². The molecule has 17 heavy (non-hydrogen) atoms. The number of nitrogens with zero attached hydrogens (tertiary/aromatic N) is 1. The summed E-state index contributed by atoms with van der Waals surface area (Å²) in [6.07, 6.45) is 2.30. The number of aryl methyl sites for hydroxylation is 1. The molecule has 0 bridgehead atoms. The van der Waals surface area contributed by atoms with Crippen LogP contribution in [0.1, 0.15) is 18.4 Å². The number of ether oxygens (including phenoxy) is 1. The predicted octanol–water partition coefficient (Wildman–Crippen LogP) is 1.83. The fourth-order valence-electron chi connectivity index (χ4n) is 2.31. The Labute approximate surface area is 103 Å². The van der Waals surface area contributed by atoms with Crippen LogP contribution in [-0.4, -0.2) is 42.4 Å². The maximum atomic E-state index is 9.20. The quantitative estimate of drug-likeness (QED) is 0.845. The number of hydrogen-bond acceptors (Lipinski definition) is 3. The first-order valence-corrected chi connectivity index (χ1v) is 6.34. The summed E-state index contributed by atoms with van der Waals surface area (Å²) in [4.78, 5) is 2.31. The van der Waals surface area contributed by atoms with Crippen LogP contribution in [0.5, 0.6) is 5.75 Å². The Morgan fingerprint density at radius 2 is 2.12 bits per heavy atom. The minimum atomic E-state index is 0.268. The van der Waals surface area contributed by atoms with Crippen molar-refractivity contribution in [1.82, 2.24) is 4.90 Å². The van der Waals surface area contributed by atoms with Crippen LogP contribution >= 0.6 is 0 Å². The highest BCUT2D eigenvalue weighted by atomic mass is 16.5. The Morgan fingerprint density at radius 3 is 2.82 bits per heavy atom. The van der Waals surface area contributed by atoms with Gasteiger partial charge in [0.05, 0.1) is 6.61 Å². The molecule has 2 rings (SSSR count). The highest BCUT2D eigenvalue weighted by Crippen LogP contribution is 2.16. The maximum Gasteiger partial charge on any atom is 0.119 e. The Bertz CT molecular complexity index is 337. The van der Waals surface area contributed by atoms with Crippen molar-refractivity contribution >= 4 is 0 Å². The van der Waals surface area contributed by atoms with Crippen molar-refractivity contribution in [2.24, 2.45) is 0 Å². The maximum absolute atomic E-state index is 9.20. The minimum Gasteiger partial charge on any atom is -0.492 e. The van der Waals surface area contributed by atoms with Crippen molar-refractivity contribution in [2.45, 2.75) is 25.8 Å². The summed E-state index contributed by atoms with van der Waals surface area (Å²) in [7, 11) is 0. The van der Waals surface area contributed by atoms with Gasteiger partial charge in [0.1, 0.15) is 12.4 Å². The standard InChI is InChI=1S/C14H21NO2/c1-12-4-6-14(7-5-12)17-10-9-15-8-2-3-13(15)11-16/h4-7,13,16H,2-3,8-11H2,1H3/t13-/m0/s1. The second-order valence-corrected chi connectivity index (χ2v) is 4.68. The molecule has 1 heterocycles. The highest BCUT2D eigenvalue weighted by Gasteiger charge is 2.22. The Kier molecular flexibility index (Phi) is 4.40. The molecule has 1 fully saturated rings. The van der Waals surface area contributed by atoms with Gasteiger partial charge < -0.3 is 9.84 Å². The third kappa shape index (κ3) is 3.45. The zero-order valence-corrected chi connectivity index (χ0v) is 10.4. The molecule has 1 aliphatic rings. The van der Waals surface area contributed by atoms with Crippen molar-refractivity contribution in [2.75, 3.05) is 26.3 Å². The highest BCUT2D eigenvalue weighted by molar-refractivity contribution is 5.26. The lowest BCUT2D eigenvalue weighted by atomic mass is 10.2. The number of benzene rings is 1. The van der Waals surface area contributed by atoms with Gasteiger partial charge in [-0.15, -0.1) is 0 Å². The van der Waals surface area contributed by atoms with Crippen LogP contribution in [-0.2, 0) is 0 Å². The van der Waals surface area contributed by atoms with E-state index in [1.165, 1.54) is 12.0 Å². The molecule has 94 valence electrons. The van der Waals surface area contributed by atoms with Gasteiger partial charge in [-0.05, 0) is 38.4 Å². The van der Waals surface area contributed by atoms with E-state index in [-0.39, 0.29) is 6.61 Å². The summed E-state index contributed by atoms with van der Waals surface area (Å²) in [6.45, 7) is 5.02. The molecule has 0 unspecified atom stereocenters. The molecule has 0 aromatic heterocycles. The van der Waals surface area contributed by atoms with Crippen LogP contribution in [0.4, 0.5) is 0 Å². The summed E-state index contributed by atoms with van der Waals surface area (Å²) in [5.74, 6) is 0.926. The fourth-order valence-corrected chi connectivity index (χ4v) is 2.31. The third-order valence-electron chi connectivity index (χ3n) is 3.38.